The van der Waals surface area contributed by atoms with Crippen LogP contribution in [0.25, 0.3) is 11.0 Å². The average Bonchev–Trinajstić information content (AvgIpc) is 2.72. The average molecular weight is 341 g/mol. The standard InChI is InChI=1S/C14H17BrN2OS/c15-10-4-5-13-12(9-10)16-14(19)17(13)7-6-11-3-1-2-8-18-11/h4-5,9,11H,1-3,6-8H2,(H,16,19). The highest BCUT2D eigenvalue weighted by atomic mass is 79.9. The minimum absolute atomic E-state index is 0.399. The largest absolute Gasteiger partial charge is 0.378 e. The van der Waals surface area contributed by atoms with Crippen LogP contribution in [-0.2, 0) is 11.3 Å². The molecule has 2 aromatic rings. The Kier molecular flexibility index (Phi) is 4.05. The van der Waals surface area contributed by atoms with Gasteiger partial charge in [-0.1, -0.05) is 15.9 Å². The van der Waals surface area contributed by atoms with Crippen molar-refractivity contribution >= 4 is 39.2 Å². The number of imidazole rings is 1. The molecular weight excluding hydrogens is 324 g/mol. The molecule has 0 radical (unpaired) electrons. The van der Waals surface area contributed by atoms with E-state index in [1.807, 2.05) is 0 Å². The zero-order chi connectivity index (χ0) is 13.2. The van der Waals surface area contributed by atoms with Crippen LogP contribution in [0.2, 0.25) is 0 Å². The lowest BCUT2D eigenvalue weighted by molar-refractivity contribution is 0.00892. The number of nitrogens with zero attached hydrogens (tertiary/aromatic N) is 1. The first-order chi connectivity index (χ1) is 9.24. The normalized spacial score (nSPS) is 19.9. The van der Waals surface area contributed by atoms with Gasteiger partial charge in [-0.2, -0.15) is 0 Å². The van der Waals surface area contributed by atoms with Crippen molar-refractivity contribution in [2.45, 2.75) is 38.3 Å². The van der Waals surface area contributed by atoms with Crippen LogP contribution in [0, 0.1) is 4.77 Å². The summed E-state index contributed by atoms with van der Waals surface area (Å²) in [4.78, 5) is 3.26. The Morgan fingerprint density at radius 3 is 3.11 bits per heavy atom. The summed E-state index contributed by atoms with van der Waals surface area (Å²) in [7, 11) is 0. The molecule has 1 saturated heterocycles. The van der Waals surface area contributed by atoms with Gasteiger partial charge in [0.1, 0.15) is 0 Å². The van der Waals surface area contributed by atoms with E-state index in [0.717, 1.165) is 34.3 Å². The molecule has 5 heteroatoms. The van der Waals surface area contributed by atoms with Gasteiger partial charge in [-0.05, 0) is 56.1 Å². The van der Waals surface area contributed by atoms with Crippen LogP contribution in [0.5, 0.6) is 0 Å². The van der Waals surface area contributed by atoms with Crippen LogP contribution in [0.4, 0.5) is 0 Å². The molecule has 3 nitrogen and oxygen atoms in total. The Labute approximate surface area is 126 Å². The Morgan fingerprint density at radius 1 is 1.42 bits per heavy atom. The number of benzene rings is 1. The van der Waals surface area contributed by atoms with E-state index in [2.05, 4.69) is 43.7 Å². The third kappa shape index (κ3) is 2.93. The van der Waals surface area contributed by atoms with Crippen molar-refractivity contribution < 1.29 is 4.74 Å². The minimum Gasteiger partial charge on any atom is -0.378 e. The SMILES string of the molecule is S=c1[nH]c2cc(Br)ccc2n1CCC1CCCCO1. The number of aromatic amines is 1. The van der Waals surface area contributed by atoms with Gasteiger partial charge in [0.2, 0.25) is 0 Å². The van der Waals surface area contributed by atoms with E-state index in [0.29, 0.717) is 6.10 Å². The molecule has 1 aromatic carbocycles. The third-order valence-corrected chi connectivity index (χ3v) is 4.50. The number of rotatable bonds is 3. The van der Waals surface area contributed by atoms with Crippen molar-refractivity contribution in [1.29, 1.82) is 0 Å². The van der Waals surface area contributed by atoms with E-state index >= 15 is 0 Å². The molecule has 1 aromatic heterocycles. The van der Waals surface area contributed by atoms with E-state index in [1.54, 1.807) is 0 Å². The first-order valence-electron chi connectivity index (χ1n) is 6.74. The lowest BCUT2D eigenvalue weighted by Gasteiger charge is -2.22. The van der Waals surface area contributed by atoms with E-state index in [9.17, 15) is 0 Å². The zero-order valence-electron chi connectivity index (χ0n) is 10.7. The number of ether oxygens (including phenoxy) is 1. The molecule has 1 aliphatic heterocycles. The lowest BCUT2D eigenvalue weighted by atomic mass is 10.1. The van der Waals surface area contributed by atoms with Gasteiger partial charge in [-0.25, -0.2) is 0 Å². The van der Waals surface area contributed by atoms with Gasteiger partial charge in [0.25, 0.3) is 0 Å². The monoisotopic (exact) mass is 340 g/mol. The molecule has 1 fully saturated rings. The van der Waals surface area contributed by atoms with Gasteiger partial charge in [-0.3, -0.25) is 0 Å². The number of nitrogens with one attached hydrogen (secondary N) is 1. The smallest absolute Gasteiger partial charge is 0.178 e. The molecule has 19 heavy (non-hydrogen) atoms. The number of hydrogen-bond donors (Lipinski definition) is 1. The van der Waals surface area contributed by atoms with Gasteiger partial charge in [0.05, 0.1) is 17.1 Å². The third-order valence-electron chi connectivity index (χ3n) is 3.68. The Morgan fingerprint density at radius 2 is 2.32 bits per heavy atom. The van der Waals surface area contributed by atoms with Crippen molar-refractivity contribution in [1.82, 2.24) is 9.55 Å². The fraction of sp³-hybridized carbons (Fsp3) is 0.500. The summed E-state index contributed by atoms with van der Waals surface area (Å²) < 4.78 is 9.82. The fourth-order valence-corrected chi connectivity index (χ4v) is 3.33. The molecule has 2 heterocycles. The van der Waals surface area contributed by atoms with Gasteiger partial charge in [-0.15, -0.1) is 0 Å². The molecule has 0 bridgehead atoms. The molecular formula is C14H17BrN2OS. The van der Waals surface area contributed by atoms with Crippen molar-refractivity contribution in [3.05, 3.63) is 27.4 Å². The van der Waals surface area contributed by atoms with Crippen LogP contribution >= 0.6 is 28.1 Å². The van der Waals surface area contributed by atoms with E-state index in [4.69, 9.17) is 17.0 Å². The number of aryl methyl sites for hydroxylation is 1. The summed E-state index contributed by atoms with van der Waals surface area (Å²) in [5.74, 6) is 0. The fourth-order valence-electron chi connectivity index (χ4n) is 2.67. The number of H-pyrrole nitrogens is 1. The highest BCUT2D eigenvalue weighted by molar-refractivity contribution is 9.10. The van der Waals surface area contributed by atoms with Crippen LogP contribution in [-0.4, -0.2) is 22.3 Å². The highest BCUT2D eigenvalue weighted by Crippen LogP contribution is 2.21. The number of halogens is 1. The van der Waals surface area contributed by atoms with Crippen LogP contribution < -0.4 is 0 Å². The number of aromatic nitrogens is 2. The second-order valence-electron chi connectivity index (χ2n) is 5.02. The summed E-state index contributed by atoms with van der Waals surface area (Å²) in [6.07, 6.45) is 5.11. The van der Waals surface area contributed by atoms with Gasteiger partial charge in [0, 0.05) is 17.6 Å². The highest BCUT2D eigenvalue weighted by Gasteiger charge is 2.14. The molecule has 0 spiro atoms. The van der Waals surface area contributed by atoms with Gasteiger partial charge < -0.3 is 14.3 Å². The molecule has 3 rings (SSSR count). The summed E-state index contributed by atoms with van der Waals surface area (Å²) in [5.41, 5.74) is 2.26. The van der Waals surface area contributed by atoms with Crippen molar-refractivity contribution in [3.63, 3.8) is 0 Å². The molecule has 1 N–H and O–H groups in total. The molecule has 1 atom stereocenters. The maximum absolute atomic E-state index is 5.78. The second-order valence-corrected chi connectivity index (χ2v) is 6.32. The first-order valence-corrected chi connectivity index (χ1v) is 7.94. The summed E-state index contributed by atoms with van der Waals surface area (Å²) in [5, 5.41) is 0. The molecule has 1 unspecified atom stereocenters. The van der Waals surface area contributed by atoms with Crippen molar-refractivity contribution in [3.8, 4) is 0 Å². The van der Waals surface area contributed by atoms with Crippen molar-refractivity contribution in [2.24, 2.45) is 0 Å². The quantitative estimate of drug-likeness (QED) is 0.838. The maximum Gasteiger partial charge on any atom is 0.178 e. The van der Waals surface area contributed by atoms with E-state index in [-0.39, 0.29) is 0 Å². The maximum atomic E-state index is 5.78. The van der Waals surface area contributed by atoms with Gasteiger partial charge >= 0.3 is 0 Å². The molecule has 0 saturated carbocycles. The van der Waals surface area contributed by atoms with Crippen LogP contribution in [0.3, 0.4) is 0 Å². The zero-order valence-corrected chi connectivity index (χ0v) is 13.1. The number of fused-ring (bicyclic) bond motifs is 1. The molecule has 1 aliphatic rings. The topological polar surface area (TPSA) is 29.9 Å². The minimum atomic E-state index is 0.399. The Hall–Kier alpha value is -0.650. The Bertz CT molecular complexity index is 628. The predicted octanol–water partition coefficient (Wildman–Crippen LogP) is 4.42. The summed E-state index contributed by atoms with van der Waals surface area (Å²) in [6, 6.07) is 6.23. The lowest BCUT2D eigenvalue weighted by Crippen LogP contribution is -2.20. The van der Waals surface area contributed by atoms with Crippen LogP contribution in [0.15, 0.2) is 22.7 Å². The molecule has 0 aliphatic carbocycles. The van der Waals surface area contributed by atoms with Gasteiger partial charge in [0.15, 0.2) is 4.77 Å². The summed E-state index contributed by atoms with van der Waals surface area (Å²) in [6.45, 7) is 1.84. The van der Waals surface area contributed by atoms with Crippen LogP contribution in [0.1, 0.15) is 25.7 Å². The van der Waals surface area contributed by atoms with E-state index in [1.165, 1.54) is 24.8 Å². The summed E-state index contributed by atoms with van der Waals surface area (Å²) >= 11 is 8.90. The molecule has 102 valence electrons. The second kappa shape index (κ2) is 5.77. The predicted molar refractivity (Wildman–Crippen MR) is 83.0 cm³/mol. The van der Waals surface area contributed by atoms with Crippen molar-refractivity contribution in [2.75, 3.05) is 6.61 Å². The van der Waals surface area contributed by atoms with E-state index < -0.39 is 0 Å². The Balaban J connectivity index is 1.80. The molecule has 0 amide bonds. The first kappa shape index (κ1) is 13.3. The number of hydrogen-bond acceptors (Lipinski definition) is 2.